The predicted molar refractivity (Wildman–Crippen MR) is 99.6 cm³/mol. The van der Waals surface area contributed by atoms with Crippen LogP contribution in [0.3, 0.4) is 0 Å². The van der Waals surface area contributed by atoms with Crippen LogP contribution in [0.15, 0.2) is 54.9 Å². The third kappa shape index (κ3) is 4.03. The molecule has 0 aliphatic heterocycles. The molecule has 5 nitrogen and oxygen atoms in total. The second-order valence-electron chi connectivity index (χ2n) is 5.93. The first-order chi connectivity index (χ1) is 12.5. The molecule has 2 N–H and O–H groups in total. The Bertz CT molecular complexity index is 925. The molecule has 0 spiro atoms. The second kappa shape index (κ2) is 7.74. The highest BCUT2D eigenvalue weighted by Crippen LogP contribution is 2.18. The highest BCUT2D eigenvalue weighted by molar-refractivity contribution is 6.03. The Kier molecular flexibility index (Phi) is 5.22. The van der Waals surface area contributed by atoms with Gasteiger partial charge in [-0.1, -0.05) is 30.3 Å². The van der Waals surface area contributed by atoms with E-state index in [1.165, 1.54) is 18.5 Å². The number of aromatic nitrogens is 2. The summed E-state index contributed by atoms with van der Waals surface area (Å²) in [4.78, 5) is 20.6. The zero-order chi connectivity index (χ0) is 18.5. The van der Waals surface area contributed by atoms with Crippen LogP contribution in [-0.4, -0.2) is 15.9 Å². The van der Waals surface area contributed by atoms with E-state index in [9.17, 15) is 9.18 Å². The van der Waals surface area contributed by atoms with Crippen molar-refractivity contribution in [3.8, 4) is 0 Å². The number of nitrogens with zero attached hydrogens (tertiary/aromatic N) is 2. The van der Waals surface area contributed by atoms with Crippen molar-refractivity contribution < 1.29 is 9.18 Å². The number of rotatable bonds is 5. The summed E-state index contributed by atoms with van der Waals surface area (Å²) in [6.07, 6.45) is 2.85. The van der Waals surface area contributed by atoms with Crippen LogP contribution in [0.2, 0.25) is 0 Å². The number of nitrogens with one attached hydrogen (secondary N) is 2. The zero-order valence-corrected chi connectivity index (χ0v) is 14.6. The van der Waals surface area contributed by atoms with E-state index in [0.717, 1.165) is 16.8 Å². The van der Waals surface area contributed by atoms with Gasteiger partial charge in [-0.25, -0.2) is 14.4 Å². The van der Waals surface area contributed by atoms with Crippen LogP contribution in [0.25, 0.3) is 0 Å². The summed E-state index contributed by atoms with van der Waals surface area (Å²) in [5.41, 5.74) is 3.60. The largest absolute Gasteiger partial charge is 0.365 e. The van der Waals surface area contributed by atoms with E-state index in [-0.39, 0.29) is 24.0 Å². The SMILES string of the molecule is Cc1cccc(NC(=O)c2cnc(NCc3ccccc3F)cn2)c1C. The number of carbonyl (C=O) groups is 1. The molecule has 0 bridgehead atoms. The number of benzene rings is 2. The standard InChI is InChI=1S/C20H19FN4O/c1-13-6-5-9-17(14(13)2)25-20(26)18-11-24-19(12-22-18)23-10-15-7-3-4-8-16(15)21/h3-9,11-12H,10H2,1-2H3,(H,23,24)(H,25,26). The molecular weight excluding hydrogens is 331 g/mol. The molecule has 3 aromatic rings. The van der Waals surface area contributed by atoms with E-state index < -0.39 is 0 Å². The predicted octanol–water partition coefficient (Wildman–Crippen LogP) is 4.10. The van der Waals surface area contributed by atoms with Crippen molar-refractivity contribution in [2.75, 3.05) is 10.6 Å². The maximum Gasteiger partial charge on any atom is 0.275 e. The van der Waals surface area contributed by atoms with Gasteiger partial charge in [0.1, 0.15) is 17.3 Å². The summed E-state index contributed by atoms with van der Waals surface area (Å²) in [7, 11) is 0. The molecule has 1 aromatic heterocycles. The highest BCUT2D eigenvalue weighted by Gasteiger charge is 2.11. The van der Waals surface area contributed by atoms with Gasteiger partial charge in [-0.2, -0.15) is 0 Å². The van der Waals surface area contributed by atoms with Crippen LogP contribution >= 0.6 is 0 Å². The lowest BCUT2D eigenvalue weighted by Crippen LogP contribution is -2.15. The minimum atomic E-state index is -0.327. The molecule has 132 valence electrons. The van der Waals surface area contributed by atoms with Gasteiger partial charge >= 0.3 is 0 Å². The van der Waals surface area contributed by atoms with E-state index in [1.807, 2.05) is 32.0 Å². The second-order valence-corrected chi connectivity index (χ2v) is 5.93. The van der Waals surface area contributed by atoms with Crippen LogP contribution in [0.5, 0.6) is 0 Å². The molecule has 3 rings (SSSR count). The lowest BCUT2D eigenvalue weighted by molar-refractivity contribution is 0.102. The lowest BCUT2D eigenvalue weighted by Gasteiger charge is -2.10. The van der Waals surface area contributed by atoms with Gasteiger partial charge in [0.15, 0.2) is 0 Å². The molecule has 0 saturated heterocycles. The molecule has 6 heteroatoms. The topological polar surface area (TPSA) is 66.9 Å². The van der Waals surface area contributed by atoms with Crippen LogP contribution in [0.1, 0.15) is 27.2 Å². The molecule has 2 aromatic carbocycles. The van der Waals surface area contributed by atoms with E-state index >= 15 is 0 Å². The summed E-state index contributed by atoms with van der Waals surface area (Å²) in [5, 5.41) is 5.83. The molecule has 0 atom stereocenters. The van der Waals surface area contributed by atoms with Crippen molar-refractivity contribution in [1.82, 2.24) is 9.97 Å². The minimum Gasteiger partial charge on any atom is -0.365 e. The van der Waals surface area contributed by atoms with Crippen LogP contribution in [0, 0.1) is 19.7 Å². The van der Waals surface area contributed by atoms with Crippen molar-refractivity contribution in [3.63, 3.8) is 0 Å². The number of hydrogen-bond acceptors (Lipinski definition) is 4. The monoisotopic (exact) mass is 350 g/mol. The van der Waals surface area contributed by atoms with E-state index in [0.29, 0.717) is 11.4 Å². The Morgan fingerprint density at radius 1 is 1.04 bits per heavy atom. The summed E-state index contributed by atoms with van der Waals surface area (Å²) in [6.45, 7) is 4.22. The highest BCUT2D eigenvalue weighted by atomic mass is 19.1. The summed E-state index contributed by atoms with van der Waals surface area (Å²) < 4.78 is 13.6. The molecule has 0 aliphatic rings. The van der Waals surface area contributed by atoms with E-state index in [2.05, 4.69) is 20.6 Å². The quantitative estimate of drug-likeness (QED) is 0.727. The molecule has 26 heavy (non-hydrogen) atoms. The van der Waals surface area contributed by atoms with Gasteiger partial charge in [0.25, 0.3) is 5.91 Å². The maximum atomic E-state index is 13.6. The fourth-order valence-electron chi connectivity index (χ4n) is 2.44. The molecule has 1 amide bonds. The van der Waals surface area contributed by atoms with E-state index in [4.69, 9.17) is 0 Å². The average Bonchev–Trinajstić information content (AvgIpc) is 2.65. The average molecular weight is 350 g/mol. The minimum absolute atomic E-state index is 0.211. The van der Waals surface area contributed by atoms with Gasteiger partial charge < -0.3 is 10.6 Å². The molecule has 0 fully saturated rings. The summed E-state index contributed by atoms with van der Waals surface area (Å²) in [6, 6.07) is 12.2. The Balaban J connectivity index is 1.64. The van der Waals surface area contributed by atoms with Gasteiger partial charge in [0, 0.05) is 17.8 Å². The Hall–Kier alpha value is -3.28. The van der Waals surface area contributed by atoms with Gasteiger partial charge in [-0.3, -0.25) is 4.79 Å². The molecule has 0 unspecified atom stereocenters. The van der Waals surface area contributed by atoms with Crippen molar-refractivity contribution in [2.45, 2.75) is 20.4 Å². The molecule has 0 radical (unpaired) electrons. The third-order valence-electron chi connectivity index (χ3n) is 4.16. The maximum absolute atomic E-state index is 13.6. The van der Waals surface area contributed by atoms with Crippen LogP contribution < -0.4 is 10.6 Å². The number of halogens is 1. The number of aryl methyl sites for hydroxylation is 1. The summed E-state index contributed by atoms with van der Waals surface area (Å²) >= 11 is 0. The Labute approximate surface area is 151 Å². The van der Waals surface area contributed by atoms with Gasteiger partial charge in [-0.15, -0.1) is 0 Å². The lowest BCUT2D eigenvalue weighted by atomic mass is 10.1. The van der Waals surface area contributed by atoms with Crippen LogP contribution in [0.4, 0.5) is 15.9 Å². The van der Waals surface area contributed by atoms with Gasteiger partial charge in [0.05, 0.1) is 12.4 Å². The fourth-order valence-corrected chi connectivity index (χ4v) is 2.44. The van der Waals surface area contributed by atoms with Crippen molar-refractivity contribution in [1.29, 1.82) is 0 Å². The van der Waals surface area contributed by atoms with Gasteiger partial charge in [-0.05, 0) is 37.1 Å². The first-order valence-corrected chi connectivity index (χ1v) is 8.21. The fraction of sp³-hybridized carbons (Fsp3) is 0.150. The molecule has 0 aliphatic carbocycles. The number of carbonyl (C=O) groups excluding carboxylic acids is 1. The van der Waals surface area contributed by atoms with Crippen LogP contribution in [-0.2, 0) is 6.54 Å². The molecular formula is C20H19FN4O. The normalized spacial score (nSPS) is 10.4. The first-order valence-electron chi connectivity index (χ1n) is 8.21. The van der Waals surface area contributed by atoms with Gasteiger partial charge in [0.2, 0.25) is 0 Å². The first kappa shape index (κ1) is 17.5. The van der Waals surface area contributed by atoms with E-state index in [1.54, 1.807) is 18.2 Å². The Morgan fingerprint density at radius 2 is 1.85 bits per heavy atom. The number of anilines is 2. The number of hydrogen-bond donors (Lipinski definition) is 2. The number of amides is 1. The van der Waals surface area contributed by atoms with Crippen molar-refractivity contribution in [2.24, 2.45) is 0 Å². The Morgan fingerprint density at radius 3 is 2.58 bits per heavy atom. The smallest absolute Gasteiger partial charge is 0.275 e. The van der Waals surface area contributed by atoms with Crippen molar-refractivity contribution in [3.05, 3.63) is 83.1 Å². The van der Waals surface area contributed by atoms with Crippen molar-refractivity contribution >= 4 is 17.4 Å². The molecule has 1 heterocycles. The molecule has 0 saturated carbocycles. The third-order valence-corrected chi connectivity index (χ3v) is 4.16. The zero-order valence-electron chi connectivity index (χ0n) is 14.6. The summed E-state index contributed by atoms with van der Waals surface area (Å²) in [5.74, 6) is -0.138.